The fourth-order valence-electron chi connectivity index (χ4n) is 1.57. The monoisotopic (exact) mass is 315 g/mol. The van der Waals surface area contributed by atoms with Crippen molar-refractivity contribution in [3.05, 3.63) is 27.7 Å². The second kappa shape index (κ2) is 6.68. The van der Waals surface area contributed by atoms with E-state index >= 15 is 0 Å². The summed E-state index contributed by atoms with van der Waals surface area (Å²) >= 11 is 11.9. The Bertz CT molecular complexity index is 438. The Morgan fingerprint density at radius 1 is 1.26 bits per heavy atom. The molecule has 0 amide bonds. The maximum absolute atomic E-state index is 12.1. The molecule has 108 valence electrons. The first-order chi connectivity index (χ1) is 8.74. The lowest BCUT2D eigenvalue weighted by Crippen LogP contribution is -2.16. The molecule has 0 heterocycles. The molecule has 0 fully saturated rings. The first-order valence-corrected chi connectivity index (χ1v) is 6.44. The predicted molar refractivity (Wildman–Crippen MR) is 69.8 cm³/mol. The third-order valence-corrected chi connectivity index (χ3v) is 3.11. The van der Waals surface area contributed by atoms with Crippen LogP contribution >= 0.6 is 23.2 Å². The second-order valence-corrected chi connectivity index (χ2v) is 4.81. The quantitative estimate of drug-likeness (QED) is 0.852. The van der Waals surface area contributed by atoms with E-state index in [4.69, 9.17) is 33.7 Å². The van der Waals surface area contributed by atoms with Gasteiger partial charge in [-0.05, 0) is 25.0 Å². The van der Waals surface area contributed by atoms with Crippen LogP contribution < -0.4 is 10.5 Å². The number of alkyl halides is 3. The Morgan fingerprint density at radius 2 is 1.89 bits per heavy atom. The molecule has 0 radical (unpaired) electrons. The molecule has 0 aliphatic carbocycles. The van der Waals surface area contributed by atoms with Crippen LogP contribution in [0.1, 0.15) is 31.4 Å². The van der Waals surface area contributed by atoms with E-state index in [9.17, 15) is 13.2 Å². The molecular formula is C12H14Cl2F3NO. The van der Waals surface area contributed by atoms with E-state index in [0.29, 0.717) is 17.9 Å². The van der Waals surface area contributed by atoms with Crippen molar-refractivity contribution in [1.29, 1.82) is 0 Å². The molecule has 0 spiro atoms. The molecule has 1 aromatic carbocycles. The van der Waals surface area contributed by atoms with Crippen molar-refractivity contribution in [1.82, 2.24) is 0 Å². The van der Waals surface area contributed by atoms with Crippen LogP contribution in [0, 0.1) is 0 Å². The van der Waals surface area contributed by atoms with Gasteiger partial charge in [-0.3, -0.25) is 0 Å². The number of rotatable bonds is 5. The summed E-state index contributed by atoms with van der Waals surface area (Å²) in [5.74, 6) is 0.390. The van der Waals surface area contributed by atoms with Crippen LogP contribution in [-0.2, 0) is 0 Å². The summed E-state index contributed by atoms with van der Waals surface area (Å²) in [6, 6.07) is 2.11. The van der Waals surface area contributed by atoms with Crippen molar-refractivity contribution < 1.29 is 17.9 Å². The molecule has 0 aliphatic rings. The largest absolute Gasteiger partial charge is 0.492 e. The van der Waals surface area contributed by atoms with Crippen molar-refractivity contribution in [3.8, 4) is 5.75 Å². The Balaban J connectivity index is 2.86. The number of nitrogens with two attached hydrogens (primary N) is 1. The molecule has 2 N–H and O–H groups in total. The SMILES string of the molecule is CCOc1cc(Cl)c(C(N)CCC(F)(F)F)cc1Cl. The van der Waals surface area contributed by atoms with Gasteiger partial charge in [-0.2, -0.15) is 13.2 Å². The summed E-state index contributed by atoms with van der Waals surface area (Å²) in [6.45, 7) is 2.20. The lowest BCUT2D eigenvalue weighted by Gasteiger charge is -2.17. The van der Waals surface area contributed by atoms with Crippen molar-refractivity contribution in [2.75, 3.05) is 6.61 Å². The number of ether oxygens (including phenoxy) is 1. The fraction of sp³-hybridized carbons (Fsp3) is 0.500. The first-order valence-electron chi connectivity index (χ1n) is 5.68. The standard InChI is InChI=1S/C12H14Cl2F3NO/c1-2-19-11-6-8(13)7(5-9(11)14)10(18)3-4-12(15,16)17/h5-6,10H,2-4,18H2,1H3. The second-order valence-electron chi connectivity index (χ2n) is 4.00. The summed E-state index contributed by atoms with van der Waals surface area (Å²) in [7, 11) is 0. The molecule has 1 unspecified atom stereocenters. The van der Waals surface area contributed by atoms with Gasteiger partial charge in [0.05, 0.1) is 11.6 Å². The number of halogens is 5. The zero-order valence-electron chi connectivity index (χ0n) is 10.2. The molecule has 1 rings (SSSR count). The predicted octanol–water partition coefficient (Wildman–Crippen LogP) is 4.73. The summed E-state index contributed by atoms with van der Waals surface area (Å²) in [4.78, 5) is 0. The Morgan fingerprint density at radius 3 is 2.42 bits per heavy atom. The molecule has 0 aliphatic heterocycles. The van der Waals surface area contributed by atoms with Crippen LogP contribution in [-0.4, -0.2) is 12.8 Å². The lowest BCUT2D eigenvalue weighted by atomic mass is 10.0. The lowest BCUT2D eigenvalue weighted by molar-refractivity contribution is -0.136. The van der Waals surface area contributed by atoms with Gasteiger partial charge >= 0.3 is 6.18 Å². The Labute approximate surface area is 119 Å². The Kier molecular flexibility index (Phi) is 5.77. The first kappa shape index (κ1) is 16.4. The van der Waals surface area contributed by atoms with E-state index in [1.54, 1.807) is 6.92 Å². The van der Waals surface area contributed by atoms with E-state index in [1.807, 2.05) is 0 Å². The average molecular weight is 316 g/mol. The van der Waals surface area contributed by atoms with Crippen LogP contribution in [0.3, 0.4) is 0 Å². The van der Waals surface area contributed by atoms with E-state index in [2.05, 4.69) is 0 Å². The van der Waals surface area contributed by atoms with Gasteiger partial charge in [0.1, 0.15) is 5.75 Å². The molecule has 2 nitrogen and oxygen atoms in total. The molecule has 0 aromatic heterocycles. The van der Waals surface area contributed by atoms with Gasteiger partial charge < -0.3 is 10.5 Å². The van der Waals surface area contributed by atoms with Gasteiger partial charge in [0.25, 0.3) is 0 Å². The van der Waals surface area contributed by atoms with Gasteiger partial charge in [0.15, 0.2) is 0 Å². The van der Waals surface area contributed by atoms with Gasteiger partial charge in [-0.25, -0.2) is 0 Å². The topological polar surface area (TPSA) is 35.2 Å². The van der Waals surface area contributed by atoms with Gasteiger partial charge in [-0.1, -0.05) is 23.2 Å². The van der Waals surface area contributed by atoms with Gasteiger partial charge in [0, 0.05) is 23.6 Å². The van der Waals surface area contributed by atoms with Crippen LogP contribution in [0.4, 0.5) is 13.2 Å². The third-order valence-electron chi connectivity index (χ3n) is 2.49. The summed E-state index contributed by atoms with van der Waals surface area (Å²) in [5, 5.41) is 0.534. The number of hydrogen-bond acceptors (Lipinski definition) is 2. The molecule has 0 saturated heterocycles. The zero-order chi connectivity index (χ0) is 14.6. The van der Waals surface area contributed by atoms with Crippen LogP contribution in [0.25, 0.3) is 0 Å². The molecule has 19 heavy (non-hydrogen) atoms. The Hall–Kier alpha value is -0.650. The molecule has 7 heteroatoms. The van der Waals surface area contributed by atoms with Crippen LogP contribution in [0.15, 0.2) is 12.1 Å². The minimum atomic E-state index is -4.24. The average Bonchev–Trinajstić information content (AvgIpc) is 2.30. The normalized spacial score (nSPS) is 13.4. The van der Waals surface area contributed by atoms with Crippen molar-refractivity contribution in [2.45, 2.75) is 32.0 Å². The fourth-order valence-corrected chi connectivity index (χ4v) is 2.09. The maximum atomic E-state index is 12.1. The zero-order valence-corrected chi connectivity index (χ0v) is 11.7. The van der Waals surface area contributed by atoms with E-state index in [-0.39, 0.29) is 16.5 Å². The molecule has 0 saturated carbocycles. The highest BCUT2D eigenvalue weighted by Crippen LogP contribution is 2.36. The van der Waals surface area contributed by atoms with Crippen LogP contribution in [0.2, 0.25) is 10.0 Å². The number of hydrogen-bond donors (Lipinski definition) is 1. The summed E-state index contributed by atoms with van der Waals surface area (Å²) in [5.41, 5.74) is 6.10. The smallest absolute Gasteiger partial charge is 0.389 e. The third kappa shape index (κ3) is 5.09. The minimum Gasteiger partial charge on any atom is -0.492 e. The van der Waals surface area contributed by atoms with Crippen molar-refractivity contribution in [2.24, 2.45) is 5.73 Å². The van der Waals surface area contributed by atoms with E-state index < -0.39 is 18.6 Å². The minimum absolute atomic E-state index is 0.243. The number of benzene rings is 1. The highest BCUT2D eigenvalue weighted by molar-refractivity contribution is 6.34. The maximum Gasteiger partial charge on any atom is 0.389 e. The molecule has 0 bridgehead atoms. The highest BCUT2D eigenvalue weighted by atomic mass is 35.5. The molecule has 1 atom stereocenters. The molecule has 1 aromatic rings. The summed E-state index contributed by atoms with van der Waals surface area (Å²) in [6.07, 6.45) is -5.44. The van der Waals surface area contributed by atoms with Crippen LogP contribution in [0.5, 0.6) is 5.75 Å². The summed E-state index contributed by atoms with van der Waals surface area (Å²) < 4.78 is 41.7. The van der Waals surface area contributed by atoms with E-state index in [0.717, 1.165) is 0 Å². The van der Waals surface area contributed by atoms with Crippen molar-refractivity contribution in [3.63, 3.8) is 0 Å². The van der Waals surface area contributed by atoms with E-state index in [1.165, 1.54) is 12.1 Å². The van der Waals surface area contributed by atoms with Gasteiger partial charge in [0.2, 0.25) is 0 Å². The van der Waals surface area contributed by atoms with Gasteiger partial charge in [-0.15, -0.1) is 0 Å². The molecular weight excluding hydrogens is 302 g/mol. The highest BCUT2D eigenvalue weighted by Gasteiger charge is 2.28. The van der Waals surface area contributed by atoms with Crippen molar-refractivity contribution >= 4 is 23.2 Å².